The van der Waals surface area contributed by atoms with Gasteiger partial charge in [-0.1, -0.05) is 12.1 Å². The largest absolute Gasteiger partial charge is 0.391 e. The Morgan fingerprint density at radius 3 is 2.83 bits per heavy atom. The van der Waals surface area contributed by atoms with E-state index in [1.807, 2.05) is 0 Å². The number of nitrogens with one attached hydrogen (secondary N) is 3. The SMILES string of the molecule is O=C(NCC1CNCC1O)c1cccc(CN2C(=O)CNC2=O)c1. The van der Waals surface area contributed by atoms with Gasteiger partial charge in [0.25, 0.3) is 5.91 Å². The number of aliphatic hydroxyl groups is 1. The molecule has 2 aliphatic heterocycles. The molecule has 0 bridgehead atoms. The summed E-state index contributed by atoms with van der Waals surface area (Å²) < 4.78 is 0. The highest BCUT2D eigenvalue weighted by Crippen LogP contribution is 2.12. The molecule has 2 fully saturated rings. The summed E-state index contributed by atoms with van der Waals surface area (Å²) in [6.45, 7) is 1.76. The van der Waals surface area contributed by atoms with Gasteiger partial charge >= 0.3 is 6.03 Å². The molecule has 2 atom stereocenters. The van der Waals surface area contributed by atoms with Crippen LogP contribution in [0.25, 0.3) is 0 Å². The molecule has 2 saturated heterocycles. The van der Waals surface area contributed by atoms with Crippen LogP contribution in [0.1, 0.15) is 15.9 Å². The highest BCUT2D eigenvalue weighted by Gasteiger charge is 2.28. The number of carbonyl (C=O) groups excluding carboxylic acids is 3. The molecule has 128 valence electrons. The maximum Gasteiger partial charge on any atom is 0.324 e. The molecule has 0 spiro atoms. The van der Waals surface area contributed by atoms with Crippen LogP contribution in [0, 0.1) is 5.92 Å². The van der Waals surface area contributed by atoms with Crippen LogP contribution in [0.5, 0.6) is 0 Å². The molecule has 1 aromatic carbocycles. The molecule has 3 rings (SSSR count). The van der Waals surface area contributed by atoms with Crippen LogP contribution < -0.4 is 16.0 Å². The minimum atomic E-state index is -0.448. The molecule has 0 aromatic heterocycles. The molecule has 0 saturated carbocycles. The van der Waals surface area contributed by atoms with Crippen LogP contribution >= 0.6 is 0 Å². The van der Waals surface area contributed by atoms with Gasteiger partial charge in [0.1, 0.15) is 0 Å². The van der Waals surface area contributed by atoms with Gasteiger partial charge < -0.3 is 21.1 Å². The third kappa shape index (κ3) is 3.55. The smallest absolute Gasteiger partial charge is 0.324 e. The van der Waals surface area contributed by atoms with Crippen LogP contribution in [-0.4, -0.2) is 60.1 Å². The predicted octanol–water partition coefficient (Wildman–Crippen LogP) is -0.951. The maximum absolute atomic E-state index is 12.3. The van der Waals surface area contributed by atoms with Crippen molar-refractivity contribution in [2.75, 3.05) is 26.2 Å². The van der Waals surface area contributed by atoms with Crippen molar-refractivity contribution in [1.82, 2.24) is 20.9 Å². The van der Waals surface area contributed by atoms with Crippen LogP contribution in [0.2, 0.25) is 0 Å². The molecule has 0 aliphatic carbocycles. The van der Waals surface area contributed by atoms with E-state index in [9.17, 15) is 19.5 Å². The molecular formula is C16H20N4O4. The van der Waals surface area contributed by atoms with Gasteiger partial charge in [-0.15, -0.1) is 0 Å². The Morgan fingerprint density at radius 1 is 1.33 bits per heavy atom. The molecule has 4 amide bonds. The van der Waals surface area contributed by atoms with Crippen LogP contribution in [0.3, 0.4) is 0 Å². The summed E-state index contributed by atoms with van der Waals surface area (Å²) in [5, 5.41) is 18.1. The second-order valence-electron chi connectivity index (χ2n) is 6.03. The summed E-state index contributed by atoms with van der Waals surface area (Å²) in [6.07, 6.45) is -0.448. The highest BCUT2D eigenvalue weighted by molar-refractivity contribution is 6.02. The Hall–Kier alpha value is -2.45. The van der Waals surface area contributed by atoms with Gasteiger partial charge in [0.05, 0.1) is 19.2 Å². The molecule has 4 N–H and O–H groups in total. The van der Waals surface area contributed by atoms with E-state index in [-0.39, 0.29) is 30.8 Å². The molecule has 0 radical (unpaired) electrons. The zero-order valence-corrected chi connectivity index (χ0v) is 13.1. The fourth-order valence-electron chi connectivity index (χ4n) is 2.86. The van der Waals surface area contributed by atoms with Crippen molar-refractivity contribution in [3.05, 3.63) is 35.4 Å². The number of amides is 4. The average Bonchev–Trinajstić information content (AvgIpc) is 3.13. The molecular weight excluding hydrogens is 312 g/mol. The van der Waals surface area contributed by atoms with Crippen LogP contribution in [0.15, 0.2) is 24.3 Å². The summed E-state index contributed by atoms with van der Waals surface area (Å²) in [5.74, 6) is -0.520. The molecule has 2 aliphatic rings. The molecule has 8 heteroatoms. The average molecular weight is 332 g/mol. The summed E-state index contributed by atoms with van der Waals surface area (Å²) >= 11 is 0. The Kier molecular flexibility index (Phi) is 4.77. The highest BCUT2D eigenvalue weighted by atomic mass is 16.3. The summed E-state index contributed by atoms with van der Waals surface area (Å²) in [7, 11) is 0. The lowest BCUT2D eigenvalue weighted by Crippen LogP contribution is -2.34. The lowest BCUT2D eigenvalue weighted by molar-refractivity contribution is -0.125. The van der Waals surface area contributed by atoms with Gasteiger partial charge in [-0.05, 0) is 17.7 Å². The monoisotopic (exact) mass is 332 g/mol. The van der Waals surface area contributed by atoms with Crippen molar-refractivity contribution < 1.29 is 19.5 Å². The standard InChI is InChI=1S/C16H20N4O4/c21-13-7-17-5-12(13)6-18-15(23)11-3-1-2-10(4-11)9-20-14(22)8-19-16(20)24/h1-4,12-13,17,21H,5-9H2,(H,18,23)(H,19,24). The third-order valence-electron chi connectivity index (χ3n) is 4.30. The molecule has 24 heavy (non-hydrogen) atoms. The number of β-amino-alcohol motifs (C(OH)–C–C–N with tert-alkyl or cyclic N) is 1. The van der Waals surface area contributed by atoms with Gasteiger partial charge in [-0.25, -0.2) is 4.79 Å². The van der Waals surface area contributed by atoms with E-state index in [1.165, 1.54) is 0 Å². The number of rotatable bonds is 5. The van der Waals surface area contributed by atoms with Gasteiger partial charge in [0.2, 0.25) is 5.91 Å². The summed E-state index contributed by atoms with van der Waals surface area (Å²) in [5.41, 5.74) is 1.16. The summed E-state index contributed by atoms with van der Waals surface area (Å²) in [4.78, 5) is 36.6. The first-order valence-corrected chi connectivity index (χ1v) is 7.88. The second-order valence-corrected chi connectivity index (χ2v) is 6.03. The van der Waals surface area contributed by atoms with Crippen LogP contribution in [-0.2, 0) is 11.3 Å². The van der Waals surface area contributed by atoms with E-state index < -0.39 is 12.1 Å². The quantitative estimate of drug-likeness (QED) is 0.520. The van der Waals surface area contributed by atoms with E-state index >= 15 is 0 Å². The van der Waals surface area contributed by atoms with Crippen molar-refractivity contribution in [1.29, 1.82) is 0 Å². The number of carbonyl (C=O) groups is 3. The van der Waals surface area contributed by atoms with Crippen LogP contribution in [0.4, 0.5) is 4.79 Å². The number of benzene rings is 1. The fraction of sp³-hybridized carbons (Fsp3) is 0.438. The number of imide groups is 1. The number of hydrogen-bond donors (Lipinski definition) is 4. The first-order valence-electron chi connectivity index (χ1n) is 7.88. The van der Waals surface area contributed by atoms with E-state index in [0.717, 1.165) is 4.90 Å². The van der Waals surface area contributed by atoms with Crippen molar-refractivity contribution in [3.63, 3.8) is 0 Å². The lowest BCUT2D eigenvalue weighted by atomic mass is 10.1. The van der Waals surface area contributed by atoms with Gasteiger partial charge in [0.15, 0.2) is 0 Å². The third-order valence-corrected chi connectivity index (χ3v) is 4.30. The molecule has 2 heterocycles. The topological polar surface area (TPSA) is 111 Å². The Morgan fingerprint density at radius 2 is 2.17 bits per heavy atom. The minimum absolute atomic E-state index is 0.00282. The molecule has 8 nitrogen and oxygen atoms in total. The first kappa shape index (κ1) is 16.4. The first-order chi connectivity index (χ1) is 11.5. The normalized spacial score (nSPS) is 23.5. The molecule has 2 unspecified atom stereocenters. The lowest BCUT2D eigenvalue weighted by Gasteiger charge is -2.15. The second kappa shape index (κ2) is 6.98. The van der Waals surface area contributed by atoms with Gasteiger partial charge in [-0.3, -0.25) is 14.5 Å². The van der Waals surface area contributed by atoms with E-state index in [1.54, 1.807) is 24.3 Å². The zero-order valence-electron chi connectivity index (χ0n) is 13.1. The van der Waals surface area contributed by atoms with E-state index in [0.29, 0.717) is 30.8 Å². The molecule has 1 aromatic rings. The van der Waals surface area contributed by atoms with E-state index in [4.69, 9.17) is 0 Å². The summed E-state index contributed by atoms with van der Waals surface area (Å²) in [6, 6.07) is 6.40. The Bertz CT molecular complexity index is 647. The maximum atomic E-state index is 12.3. The number of aliphatic hydroxyl groups excluding tert-OH is 1. The number of urea groups is 1. The Balaban J connectivity index is 1.61. The minimum Gasteiger partial charge on any atom is -0.391 e. The van der Waals surface area contributed by atoms with Crippen molar-refractivity contribution in [2.24, 2.45) is 5.92 Å². The number of hydrogen-bond acceptors (Lipinski definition) is 5. The van der Waals surface area contributed by atoms with Gasteiger partial charge in [0, 0.05) is 31.1 Å². The van der Waals surface area contributed by atoms with Gasteiger partial charge in [-0.2, -0.15) is 0 Å². The predicted molar refractivity (Wildman–Crippen MR) is 85.1 cm³/mol. The van der Waals surface area contributed by atoms with E-state index in [2.05, 4.69) is 16.0 Å². The Labute approximate surface area is 139 Å². The number of nitrogens with zero attached hydrogens (tertiary/aromatic N) is 1. The zero-order chi connectivity index (χ0) is 17.1. The fourth-order valence-corrected chi connectivity index (χ4v) is 2.86. The van der Waals surface area contributed by atoms with Crippen molar-refractivity contribution in [2.45, 2.75) is 12.6 Å². The van der Waals surface area contributed by atoms with Crippen molar-refractivity contribution >= 4 is 17.8 Å². The van der Waals surface area contributed by atoms with Crippen molar-refractivity contribution in [3.8, 4) is 0 Å².